The van der Waals surface area contributed by atoms with Gasteiger partial charge in [0.15, 0.2) is 0 Å². The first-order valence-corrected chi connectivity index (χ1v) is 11.3. The number of rotatable bonds is 5. The van der Waals surface area contributed by atoms with Crippen LogP contribution in [-0.2, 0) is 11.3 Å². The third-order valence-corrected chi connectivity index (χ3v) is 7.68. The molecule has 2 saturated carbocycles. The zero-order chi connectivity index (χ0) is 19.8. The fraction of sp³-hybridized carbons (Fsp3) is 0.560. The van der Waals surface area contributed by atoms with Crippen LogP contribution in [0.15, 0.2) is 36.4 Å². The van der Waals surface area contributed by atoms with Crippen molar-refractivity contribution in [2.75, 3.05) is 20.2 Å². The quantitative estimate of drug-likeness (QED) is 0.814. The molecule has 4 nitrogen and oxygen atoms in total. The number of fused-ring (bicyclic) bond motifs is 1. The molecule has 2 aromatic carbocycles. The van der Waals surface area contributed by atoms with Gasteiger partial charge in [-0.2, -0.15) is 0 Å². The van der Waals surface area contributed by atoms with E-state index in [0.29, 0.717) is 18.5 Å². The lowest BCUT2D eigenvalue weighted by Crippen LogP contribution is -2.41. The van der Waals surface area contributed by atoms with Crippen LogP contribution in [0.1, 0.15) is 50.5 Å². The van der Waals surface area contributed by atoms with Crippen LogP contribution in [0.5, 0.6) is 5.75 Å². The third-order valence-electron chi connectivity index (χ3n) is 7.68. The summed E-state index contributed by atoms with van der Waals surface area (Å²) in [5, 5.41) is 5.87. The van der Waals surface area contributed by atoms with Gasteiger partial charge in [0.25, 0.3) is 0 Å². The van der Waals surface area contributed by atoms with Gasteiger partial charge in [-0.3, -0.25) is 4.79 Å². The number of carbonyl (C=O) groups is 1. The highest BCUT2D eigenvalue weighted by Gasteiger charge is 2.59. The summed E-state index contributed by atoms with van der Waals surface area (Å²) < 4.78 is 5.74. The smallest absolute Gasteiger partial charge is 0.226 e. The molecule has 1 heterocycles. The second kappa shape index (κ2) is 7.64. The predicted molar refractivity (Wildman–Crippen MR) is 116 cm³/mol. The minimum atomic E-state index is 0.228. The highest BCUT2D eigenvalue weighted by molar-refractivity contribution is 5.89. The van der Waals surface area contributed by atoms with Crippen molar-refractivity contribution in [3.05, 3.63) is 42.0 Å². The van der Waals surface area contributed by atoms with Crippen LogP contribution in [0.2, 0.25) is 0 Å². The molecule has 0 aromatic heterocycles. The molecule has 0 bridgehead atoms. The standard InChI is InChI=1S/C25H32N2O2/c1-29-23-11-10-18-6-2-5-9-20(18)21(23)17-27(19-7-3-4-8-19)24(28)22-16-25(22)12-14-26-15-13-25/h2,5-6,9-11,19,22,26H,3-4,7-8,12-17H2,1H3. The van der Waals surface area contributed by atoms with Crippen LogP contribution in [-0.4, -0.2) is 37.0 Å². The summed E-state index contributed by atoms with van der Waals surface area (Å²) in [4.78, 5) is 16.0. The summed E-state index contributed by atoms with van der Waals surface area (Å²) in [6.45, 7) is 2.79. The molecule has 2 aliphatic carbocycles. The van der Waals surface area contributed by atoms with Crippen molar-refractivity contribution in [2.45, 2.75) is 57.5 Å². The molecule has 1 atom stereocenters. The summed E-state index contributed by atoms with van der Waals surface area (Å²) >= 11 is 0. The monoisotopic (exact) mass is 392 g/mol. The van der Waals surface area contributed by atoms with E-state index in [9.17, 15) is 4.79 Å². The maximum Gasteiger partial charge on any atom is 0.226 e. The van der Waals surface area contributed by atoms with Gasteiger partial charge in [0, 0.05) is 17.5 Å². The first-order valence-electron chi connectivity index (χ1n) is 11.3. The van der Waals surface area contributed by atoms with Crippen molar-refractivity contribution in [2.24, 2.45) is 11.3 Å². The zero-order valence-corrected chi connectivity index (χ0v) is 17.5. The Bertz CT molecular complexity index is 897. The molecule has 3 aliphatic rings. The van der Waals surface area contributed by atoms with Crippen molar-refractivity contribution in [3.63, 3.8) is 0 Å². The molecule has 1 unspecified atom stereocenters. The Labute approximate surface area is 173 Å². The Balaban J connectivity index is 1.47. The van der Waals surface area contributed by atoms with E-state index in [-0.39, 0.29) is 11.3 Å². The number of ether oxygens (including phenoxy) is 1. The lowest BCUT2D eigenvalue weighted by atomic mass is 9.91. The molecule has 1 saturated heterocycles. The maximum absolute atomic E-state index is 13.8. The third kappa shape index (κ3) is 3.42. The van der Waals surface area contributed by atoms with Crippen LogP contribution in [0, 0.1) is 11.3 Å². The molecule has 2 aromatic rings. The van der Waals surface area contributed by atoms with E-state index in [1.165, 1.54) is 23.6 Å². The molecule has 4 heteroatoms. The molecule has 29 heavy (non-hydrogen) atoms. The molecule has 1 N–H and O–H groups in total. The van der Waals surface area contributed by atoms with Crippen molar-refractivity contribution in [3.8, 4) is 5.75 Å². The first-order chi connectivity index (χ1) is 14.2. The van der Waals surface area contributed by atoms with Gasteiger partial charge < -0.3 is 15.0 Å². The van der Waals surface area contributed by atoms with Gasteiger partial charge in [0.1, 0.15) is 5.75 Å². The number of hydrogen-bond donors (Lipinski definition) is 1. The highest BCUT2D eigenvalue weighted by Crippen LogP contribution is 2.59. The van der Waals surface area contributed by atoms with E-state index in [4.69, 9.17) is 4.74 Å². The molecule has 5 rings (SSSR count). The van der Waals surface area contributed by atoms with Crippen LogP contribution in [0.25, 0.3) is 10.8 Å². The topological polar surface area (TPSA) is 41.6 Å². The van der Waals surface area contributed by atoms with E-state index in [2.05, 4.69) is 46.6 Å². The fourth-order valence-corrected chi connectivity index (χ4v) is 5.82. The van der Waals surface area contributed by atoms with E-state index in [1.54, 1.807) is 7.11 Å². The molecule has 1 spiro atoms. The van der Waals surface area contributed by atoms with E-state index < -0.39 is 0 Å². The lowest BCUT2D eigenvalue weighted by molar-refractivity contribution is -0.136. The fourth-order valence-electron chi connectivity index (χ4n) is 5.82. The van der Waals surface area contributed by atoms with Gasteiger partial charge >= 0.3 is 0 Å². The van der Waals surface area contributed by atoms with Crippen molar-refractivity contribution >= 4 is 16.7 Å². The van der Waals surface area contributed by atoms with Gasteiger partial charge in [0.05, 0.1) is 13.7 Å². The van der Waals surface area contributed by atoms with E-state index in [0.717, 1.165) is 56.5 Å². The number of piperidine rings is 1. The number of nitrogens with zero attached hydrogens (tertiary/aromatic N) is 1. The summed E-state index contributed by atoms with van der Waals surface area (Å²) in [6.07, 6.45) is 8.14. The van der Waals surface area contributed by atoms with Crippen LogP contribution in [0.3, 0.4) is 0 Å². The normalized spacial score (nSPS) is 23.4. The number of nitrogens with one attached hydrogen (secondary N) is 1. The summed E-state index contributed by atoms with van der Waals surface area (Å²) in [6, 6.07) is 13.0. The average Bonchev–Trinajstić information content (AvgIpc) is 3.18. The van der Waals surface area contributed by atoms with Gasteiger partial charge in [-0.15, -0.1) is 0 Å². The summed E-state index contributed by atoms with van der Waals surface area (Å²) in [5.41, 5.74) is 1.44. The zero-order valence-electron chi connectivity index (χ0n) is 17.5. The largest absolute Gasteiger partial charge is 0.496 e. The maximum atomic E-state index is 13.8. The Morgan fingerprint density at radius 3 is 2.66 bits per heavy atom. The van der Waals surface area contributed by atoms with Gasteiger partial charge in [0.2, 0.25) is 5.91 Å². The van der Waals surface area contributed by atoms with E-state index in [1.807, 2.05) is 0 Å². The number of benzene rings is 2. The molecule has 3 fully saturated rings. The first kappa shape index (κ1) is 18.9. The molecular weight excluding hydrogens is 360 g/mol. The minimum Gasteiger partial charge on any atom is -0.496 e. The number of amides is 1. The second-order valence-electron chi connectivity index (χ2n) is 9.24. The number of hydrogen-bond acceptors (Lipinski definition) is 3. The van der Waals surface area contributed by atoms with Crippen LogP contribution in [0.4, 0.5) is 0 Å². The Kier molecular flexibility index (Phi) is 4.99. The molecular formula is C25H32N2O2. The van der Waals surface area contributed by atoms with Crippen molar-refractivity contribution in [1.82, 2.24) is 10.2 Å². The molecule has 1 amide bonds. The lowest BCUT2D eigenvalue weighted by Gasteiger charge is -2.32. The number of methoxy groups -OCH3 is 1. The summed E-state index contributed by atoms with van der Waals surface area (Å²) in [7, 11) is 1.74. The Morgan fingerprint density at radius 1 is 1.14 bits per heavy atom. The van der Waals surface area contributed by atoms with Gasteiger partial charge in [-0.25, -0.2) is 0 Å². The molecule has 154 valence electrons. The van der Waals surface area contributed by atoms with Gasteiger partial charge in [-0.1, -0.05) is 43.2 Å². The van der Waals surface area contributed by atoms with Crippen molar-refractivity contribution < 1.29 is 9.53 Å². The highest BCUT2D eigenvalue weighted by atomic mass is 16.5. The molecule has 0 radical (unpaired) electrons. The summed E-state index contributed by atoms with van der Waals surface area (Å²) in [5.74, 6) is 1.52. The van der Waals surface area contributed by atoms with Crippen molar-refractivity contribution in [1.29, 1.82) is 0 Å². The van der Waals surface area contributed by atoms with E-state index >= 15 is 0 Å². The Hall–Kier alpha value is -2.07. The van der Waals surface area contributed by atoms with Crippen LogP contribution >= 0.6 is 0 Å². The average molecular weight is 393 g/mol. The number of carbonyl (C=O) groups excluding carboxylic acids is 1. The van der Waals surface area contributed by atoms with Gasteiger partial charge in [-0.05, 0) is 67.4 Å². The Morgan fingerprint density at radius 2 is 1.90 bits per heavy atom. The molecule has 1 aliphatic heterocycles. The minimum absolute atomic E-state index is 0.228. The second-order valence-corrected chi connectivity index (χ2v) is 9.24. The SMILES string of the molecule is COc1ccc2ccccc2c1CN(C(=O)C1CC12CCNCC2)C1CCCC1. The van der Waals surface area contributed by atoms with Crippen LogP contribution < -0.4 is 10.1 Å². The predicted octanol–water partition coefficient (Wildman–Crippen LogP) is 4.51.